The molecule has 0 amide bonds. The molecular formula is C10H8F3NO3. The standard InChI is InChI=1S/C10H8F3NO3/c11-10(12,13)9(14-17)5-8(16)6-3-1-2-4-7(6)15/h1-4,15,17H,5H2. The van der Waals surface area contributed by atoms with E-state index in [1.807, 2.05) is 5.16 Å². The number of para-hydroxylation sites is 1. The molecule has 92 valence electrons. The molecule has 0 aliphatic rings. The van der Waals surface area contributed by atoms with Crippen LogP contribution in [0.3, 0.4) is 0 Å². The fourth-order valence-electron chi connectivity index (χ4n) is 1.15. The zero-order valence-corrected chi connectivity index (χ0v) is 8.40. The molecule has 17 heavy (non-hydrogen) atoms. The summed E-state index contributed by atoms with van der Waals surface area (Å²) in [4.78, 5) is 11.4. The van der Waals surface area contributed by atoms with Gasteiger partial charge in [0.1, 0.15) is 5.75 Å². The molecule has 0 radical (unpaired) electrons. The quantitative estimate of drug-likeness (QED) is 0.373. The van der Waals surface area contributed by atoms with Gasteiger partial charge in [0.15, 0.2) is 11.5 Å². The van der Waals surface area contributed by atoms with Crippen molar-refractivity contribution in [3.8, 4) is 5.75 Å². The van der Waals surface area contributed by atoms with Gasteiger partial charge in [0.2, 0.25) is 0 Å². The molecule has 0 unspecified atom stereocenters. The van der Waals surface area contributed by atoms with E-state index in [1.54, 1.807) is 0 Å². The first-order chi connectivity index (χ1) is 7.86. The van der Waals surface area contributed by atoms with Gasteiger partial charge in [0.05, 0.1) is 12.0 Å². The Balaban J connectivity index is 2.91. The fourth-order valence-corrected chi connectivity index (χ4v) is 1.15. The Kier molecular flexibility index (Phi) is 3.72. The summed E-state index contributed by atoms with van der Waals surface area (Å²) in [6.45, 7) is 0. The summed E-state index contributed by atoms with van der Waals surface area (Å²) >= 11 is 0. The minimum absolute atomic E-state index is 0.252. The highest BCUT2D eigenvalue weighted by Gasteiger charge is 2.38. The monoisotopic (exact) mass is 247 g/mol. The molecule has 2 N–H and O–H groups in total. The van der Waals surface area contributed by atoms with Crippen LogP contribution in [-0.4, -0.2) is 28.0 Å². The maximum atomic E-state index is 12.2. The molecule has 0 aliphatic carbocycles. The molecule has 0 aromatic heterocycles. The summed E-state index contributed by atoms with van der Waals surface area (Å²) in [5.74, 6) is -1.40. The third-order valence-electron chi connectivity index (χ3n) is 1.98. The third kappa shape index (κ3) is 3.20. The number of benzene rings is 1. The topological polar surface area (TPSA) is 69.9 Å². The Bertz CT molecular complexity index is 454. The van der Waals surface area contributed by atoms with Crippen molar-refractivity contribution in [2.45, 2.75) is 12.6 Å². The molecule has 4 nitrogen and oxygen atoms in total. The molecule has 1 aromatic rings. The second-order valence-electron chi connectivity index (χ2n) is 3.16. The van der Waals surface area contributed by atoms with E-state index >= 15 is 0 Å². The second kappa shape index (κ2) is 4.86. The van der Waals surface area contributed by atoms with Crippen molar-refractivity contribution in [1.29, 1.82) is 0 Å². The second-order valence-corrected chi connectivity index (χ2v) is 3.16. The summed E-state index contributed by atoms with van der Waals surface area (Å²) < 4.78 is 36.6. The van der Waals surface area contributed by atoms with Gasteiger partial charge in [0.25, 0.3) is 0 Å². The molecule has 0 atom stereocenters. The molecule has 0 heterocycles. The van der Waals surface area contributed by atoms with E-state index in [9.17, 15) is 23.1 Å². The van der Waals surface area contributed by atoms with Gasteiger partial charge in [-0.1, -0.05) is 17.3 Å². The van der Waals surface area contributed by atoms with Gasteiger partial charge in [-0.3, -0.25) is 4.79 Å². The van der Waals surface area contributed by atoms with E-state index in [2.05, 4.69) is 0 Å². The highest BCUT2D eigenvalue weighted by Crippen LogP contribution is 2.23. The number of nitrogens with zero attached hydrogens (tertiary/aromatic N) is 1. The van der Waals surface area contributed by atoms with Crippen LogP contribution in [0.25, 0.3) is 0 Å². The molecule has 7 heteroatoms. The Labute approximate surface area is 94.0 Å². The molecule has 0 aliphatic heterocycles. The number of ketones is 1. The van der Waals surface area contributed by atoms with E-state index in [0.29, 0.717) is 0 Å². The van der Waals surface area contributed by atoms with E-state index in [4.69, 9.17) is 5.21 Å². The summed E-state index contributed by atoms with van der Waals surface area (Å²) in [5.41, 5.74) is -1.86. The van der Waals surface area contributed by atoms with Gasteiger partial charge in [-0.15, -0.1) is 0 Å². The average molecular weight is 247 g/mol. The number of carbonyl (C=O) groups excluding carboxylic acids is 1. The summed E-state index contributed by atoms with van der Waals surface area (Å²) in [6.07, 6.45) is -6.01. The van der Waals surface area contributed by atoms with Crippen molar-refractivity contribution in [1.82, 2.24) is 0 Å². The Hall–Kier alpha value is -2.05. The zero-order valence-electron chi connectivity index (χ0n) is 8.40. The predicted molar refractivity (Wildman–Crippen MR) is 52.3 cm³/mol. The highest BCUT2D eigenvalue weighted by atomic mass is 19.4. The lowest BCUT2D eigenvalue weighted by atomic mass is 10.0. The molecule has 0 saturated heterocycles. The minimum Gasteiger partial charge on any atom is -0.507 e. The van der Waals surface area contributed by atoms with E-state index in [-0.39, 0.29) is 5.56 Å². The third-order valence-corrected chi connectivity index (χ3v) is 1.98. The van der Waals surface area contributed by atoms with Crippen molar-refractivity contribution in [3.63, 3.8) is 0 Å². The molecule has 0 bridgehead atoms. The van der Waals surface area contributed by atoms with Crippen LogP contribution in [0.5, 0.6) is 5.75 Å². The minimum atomic E-state index is -4.88. The van der Waals surface area contributed by atoms with Crippen LogP contribution in [0.15, 0.2) is 29.4 Å². The highest BCUT2D eigenvalue weighted by molar-refractivity contribution is 6.12. The molecule has 1 rings (SSSR count). The maximum absolute atomic E-state index is 12.2. The van der Waals surface area contributed by atoms with Crippen molar-refractivity contribution >= 4 is 11.5 Å². The van der Waals surface area contributed by atoms with Crippen molar-refractivity contribution in [2.24, 2.45) is 5.16 Å². The van der Waals surface area contributed by atoms with Crippen LogP contribution in [0, 0.1) is 0 Å². The van der Waals surface area contributed by atoms with Gasteiger partial charge in [0, 0.05) is 0 Å². The largest absolute Gasteiger partial charge is 0.507 e. The van der Waals surface area contributed by atoms with Crippen LogP contribution < -0.4 is 0 Å². The number of phenols is 1. The van der Waals surface area contributed by atoms with Crippen LogP contribution in [0.2, 0.25) is 0 Å². The summed E-state index contributed by atoms with van der Waals surface area (Å²) in [5, 5.41) is 19.5. The number of rotatable bonds is 3. The summed E-state index contributed by atoms with van der Waals surface area (Å²) in [6, 6.07) is 5.19. The number of hydrogen-bond acceptors (Lipinski definition) is 4. The Morgan fingerprint density at radius 2 is 1.88 bits per heavy atom. The van der Waals surface area contributed by atoms with E-state index in [1.165, 1.54) is 24.3 Å². The molecular weight excluding hydrogens is 239 g/mol. The van der Waals surface area contributed by atoms with Crippen LogP contribution in [0.4, 0.5) is 13.2 Å². The van der Waals surface area contributed by atoms with Crippen molar-refractivity contribution in [2.75, 3.05) is 0 Å². The smallest absolute Gasteiger partial charge is 0.433 e. The lowest BCUT2D eigenvalue weighted by molar-refractivity contribution is -0.0623. The van der Waals surface area contributed by atoms with Crippen LogP contribution >= 0.6 is 0 Å². The molecule has 0 fully saturated rings. The van der Waals surface area contributed by atoms with Gasteiger partial charge < -0.3 is 10.3 Å². The number of phenolic OH excluding ortho intramolecular Hbond substituents is 1. The summed E-state index contributed by atoms with van der Waals surface area (Å²) in [7, 11) is 0. The Morgan fingerprint density at radius 3 is 2.35 bits per heavy atom. The van der Waals surface area contributed by atoms with E-state index < -0.39 is 29.8 Å². The molecule has 0 saturated carbocycles. The number of carbonyl (C=O) groups is 1. The van der Waals surface area contributed by atoms with Crippen LogP contribution in [-0.2, 0) is 0 Å². The number of halogens is 3. The van der Waals surface area contributed by atoms with Crippen molar-refractivity contribution < 1.29 is 28.3 Å². The first-order valence-electron chi connectivity index (χ1n) is 4.45. The number of Topliss-reactive ketones (excluding diaryl/α,β-unsaturated/α-hetero) is 1. The number of oxime groups is 1. The van der Waals surface area contributed by atoms with Gasteiger partial charge >= 0.3 is 6.18 Å². The first-order valence-corrected chi connectivity index (χ1v) is 4.45. The number of aromatic hydroxyl groups is 1. The van der Waals surface area contributed by atoms with Crippen LogP contribution in [0.1, 0.15) is 16.8 Å². The zero-order chi connectivity index (χ0) is 13.1. The predicted octanol–water partition coefficient (Wildman–Crippen LogP) is 2.36. The van der Waals surface area contributed by atoms with Gasteiger partial charge in [-0.05, 0) is 12.1 Å². The number of hydrogen-bond donors (Lipinski definition) is 2. The fraction of sp³-hybridized carbons (Fsp3) is 0.200. The van der Waals surface area contributed by atoms with Gasteiger partial charge in [-0.2, -0.15) is 13.2 Å². The SMILES string of the molecule is O=C(CC(=NO)C(F)(F)F)c1ccccc1O. The molecule has 0 spiro atoms. The lowest BCUT2D eigenvalue weighted by Crippen LogP contribution is -2.25. The van der Waals surface area contributed by atoms with Crippen molar-refractivity contribution in [3.05, 3.63) is 29.8 Å². The molecule has 1 aromatic carbocycles. The average Bonchev–Trinajstić information content (AvgIpc) is 2.24. The Morgan fingerprint density at radius 1 is 1.29 bits per heavy atom. The lowest BCUT2D eigenvalue weighted by Gasteiger charge is -2.08. The number of alkyl halides is 3. The normalized spacial score (nSPS) is 12.5. The first kappa shape index (κ1) is 13.0. The maximum Gasteiger partial charge on any atom is 0.433 e. The van der Waals surface area contributed by atoms with E-state index in [0.717, 1.165) is 0 Å². The van der Waals surface area contributed by atoms with Gasteiger partial charge in [-0.25, -0.2) is 0 Å².